The van der Waals surface area contributed by atoms with Crippen LogP contribution in [0, 0.1) is 0 Å². The van der Waals surface area contributed by atoms with Crippen LogP contribution in [0.15, 0.2) is 24.3 Å². The first-order valence-corrected chi connectivity index (χ1v) is 9.60. The van der Waals surface area contributed by atoms with Crippen LogP contribution in [-0.2, 0) is 30.2 Å². The molecule has 0 radical (unpaired) electrons. The molecule has 0 fully saturated rings. The zero-order chi connectivity index (χ0) is 15.0. The van der Waals surface area contributed by atoms with Gasteiger partial charge in [-0.15, -0.1) is 0 Å². The maximum atomic E-state index is 12.3. The van der Waals surface area contributed by atoms with Gasteiger partial charge in [0.05, 0.1) is 20.3 Å². The number of methoxy groups -OCH3 is 1. The first kappa shape index (κ1) is 17.4. The Hall–Kier alpha value is -0.680. The van der Waals surface area contributed by atoms with Crippen LogP contribution in [-0.4, -0.2) is 30.0 Å². The molecule has 1 atom stereocenters. The van der Waals surface area contributed by atoms with Gasteiger partial charge in [-0.2, -0.15) is 0 Å². The molecule has 0 aliphatic rings. The van der Waals surface area contributed by atoms with Crippen molar-refractivity contribution in [2.75, 3.05) is 25.8 Å². The van der Waals surface area contributed by atoms with Crippen LogP contribution in [0.5, 0.6) is 5.75 Å². The first-order valence-electron chi connectivity index (χ1n) is 6.39. The van der Waals surface area contributed by atoms with E-state index in [1.807, 2.05) is 12.1 Å². The Morgan fingerprint density at radius 1 is 1.10 bits per heavy atom. The van der Waals surface area contributed by atoms with Gasteiger partial charge in [-0.3, -0.25) is 8.77 Å². The molecule has 0 saturated heterocycles. The summed E-state index contributed by atoms with van der Waals surface area (Å²) in [6.07, 6.45) is 0. The average molecular weight is 320 g/mol. The summed E-state index contributed by atoms with van der Waals surface area (Å²) in [5.74, 6) is 1.06. The largest absolute Gasteiger partial charge is 0.497 e. The highest BCUT2D eigenvalue weighted by atomic mass is 32.2. The predicted molar refractivity (Wildman–Crippen MR) is 80.6 cm³/mol. The minimum Gasteiger partial charge on any atom is -0.497 e. The molecule has 0 bridgehead atoms. The number of hydrogen-bond acceptors (Lipinski definition) is 5. The van der Waals surface area contributed by atoms with Gasteiger partial charge in [-0.1, -0.05) is 12.1 Å². The lowest BCUT2D eigenvalue weighted by Crippen LogP contribution is -2.07. The van der Waals surface area contributed by atoms with Crippen molar-refractivity contribution in [2.45, 2.75) is 19.6 Å². The summed E-state index contributed by atoms with van der Waals surface area (Å²) in [5, 5.41) is 0. The van der Waals surface area contributed by atoms with Gasteiger partial charge in [0.1, 0.15) is 11.2 Å². The van der Waals surface area contributed by atoms with Crippen LogP contribution in [0.2, 0.25) is 0 Å². The summed E-state index contributed by atoms with van der Waals surface area (Å²) in [4.78, 5) is 0. The fourth-order valence-corrected chi connectivity index (χ4v) is 5.43. The Morgan fingerprint density at radius 2 is 1.65 bits per heavy atom. The lowest BCUT2D eigenvalue weighted by Gasteiger charge is -2.16. The molecular formula is C13H21O5PS. The smallest absolute Gasteiger partial charge is 0.343 e. The quantitative estimate of drug-likeness (QED) is 0.654. The van der Waals surface area contributed by atoms with E-state index in [-0.39, 0.29) is 18.7 Å². The Bertz CT molecular complexity index is 464. The highest BCUT2D eigenvalue weighted by Gasteiger charge is 2.26. The molecule has 0 aliphatic carbocycles. The molecule has 0 heterocycles. The van der Waals surface area contributed by atoms with Crippen LogP contribution >= 0.6 is 7.60 Å². The number of ether oxygens (including phenoxy) is 1. The monoisotopic (exact) mass is 320 g/mol. The Kier molecular flexibility index (Phi) is 7.45. The van der Waals surface area contributed by atoms with Crippen molar-refractivity contribution in [2.24, 2.45) is 0 Å². The minimum atomic E-state index is -3.25. The molecule has 1 aromatic rings. The molecule has 0 N–H and O–H groups in total. The van der Waals surface area contributed by atoms with Crippen molar-refractivity contribution < 1.29 is 22.6 Å². The predicted octanol–water partition coefficient (Wildman–Crippen LogP) is 3.17. The zero-order valence-electron chi connectivity index (χ0n) is 12.0. The number of benzene rings is 1. The van der Waals surface area contributed by atoms with Gasteiger partial charge in [0, 0.05) is 16.6 Å². The van der Waals surface area contributed by atoms with E-state index in [0.717, 1.165) is 11.3 Å². The second-order valence-electron chi connectivity index (χ2n) is 4.01. The van der Waals surface area contributed by atoms with Crippen molar-refractivity contribution in [3.63, 3.8) is 0 Å². The molecule has 1 aromatic carbocycles. The zero-order valence-corrected chi connectivity index (χ0v) is 13.7. The molecule has 0 spiro atoms. The molecule has 7 heteroatoms. The second-order valence-corrected chi connectivity index (χ2v) is 7.95. The molecular weight excluding hydrogens is 299 g/mol. The van der Waals surface area contributed by atoms with E-state index in [1.54, 1.807) is 33.1 Å². The molecule has 0 aromatic heterocycles. The second kappa shape index (κ2) is 8.57. The van der Waals surface area contributed by atoms with Crippen LogP contribution in [0.3, 0.4) is 0 Å². The molecule has 20 heavy (non-hydrogen) atoms. The molecule has 0 saturated carbocycles. The molecule has 0 amide bonds. The molecule has 1 rings (SSSR count). The van der Waals surface area contributed by atoms with Crippen LogP contribution in [0.1, 0.15) is 19.4 Å². The van der Waals surface area contributed by atoms with Gasteiger partial charge in [0.15, 0.2) is 0 Å². The van der Waals surface area contributed by atoms with E-state index < -0.39 is 18.4 Å². The van der Waals surface area contributed by atoms with E-state index >= 15 is 0 Å². The minimum absolute atomic E-state index is 0.0826. The Balaban J connectivity index is 2.62. The fourth-order valence-electron chi connectivity index (χ4n) is 1.63. The Labute approximate surface area is 122 Å². The third-order valence-electron chi connectivity index (χ3n) is 2.44. The first-order chi connectivity index (χ1) is 9.53. The standard InChI is InChI=1S/C13H21O5PS/c1-4-17-19(14,18-5-2)11-20(15)10-12-6-8-13(16-3)9-7-12/h6-9H,4-5,10-11H2,1-3H3/t20-/m0/s1. The van der Waals surface area contributed by atoms with Crippen molar-refractivity contribution in [1.82, 2.24) is 0 Å². The van der Waals surface area contributed by atoms with Crippen molar-refractivity contribution in [1.29, 1.82) is 0 Å². The Morgan fingerprint density at radius 3 is 2.10 bits per heavy atom. The molecule has 5 nitrogen and oxygen atoms in total. The summed E-state index contributed by atoms with van der Waals surface area (Å²) in [6.45, 7) is 4.02. The van der Waals surface area contributed by atoms with Crippen LogP contribution in [0.25, 0.3) is 0 Å². The normalized spacial score (nSPS) is 13.2. The number of hydrogen-bond donors (Lipinski definition) is 0. The summed E-state index contributed by atoms with van der Waals surface area (Å²) in [6, 6.07) is 7.28. The highest BCUT2D eigenvalue weighted by Crippen LogP contribution is 2.48. The van der Waals surface area contributed by atoms with Gasteiger partial charge >= 0.3 is 7.60 Å². The average Bonchev–Trinajstić information content (AvgIpc) is 2.39. The summed E-state index contributed by atoms with van der Waals surface area (Å²) in [5.41, 5.74) is 0.810. The fraction of sp³-hybridized carbons (Fsp3) is 0.538. The van der Waals surface area contributed by atoms with E-state index in [2.05, 4.69) is 0 Å². The van der Waals surface area contributed by atoms with Crippen molar-refractivity contribution in [3.8, 4) is 5.75 Å². The third kappa shape index (κ3) is 5.75. The van der Waals surface area contributed by atoms with Gasteiger partial charge in [-0.05, 0) is 31.5 Å². The summed E-state index contributed by atoms with van der Waals surface area (Å²) >= 11 is 0. The van der Waals surface area contributed by atoms with Crippen molar-refractivity contribution >= 4 is 18.4 Å². The van der Waals surface area contributed by atoms with E-state index in [4.69, 9.17) is 13.8 Å². The summed E-state index contributed by atoms with van der Waals surface area (Å²) in [7, 11) is -2.97. The van der Waals surface area contributed by atoms with Gasteiger partial charge < -0.3 is 13.8 Å². The summed E-state index contributed by atoms with van der Waals surface area (Å²) < 4.78 is 39.7. The maximum absolute atomic E-state index is 12.3. The molecule has 0 unspecified atom stereocenters. The van der Waals surface area contributed by atoms with Crippen LogP contribution in [0.4, 0.5) is 0 Å². The SMILES string of the molecule is CCOP(=O)(C[S@@](=O)Cc1ccc(OC)cc1)OCC. The lowest BCUT2D eigenvalue weighted by atomic mass is 10.2. The molecule has 114 valence electrons. The lowest BCUT2D eigenvalue weighted by molar-refractivity contribution is 0.224. The van der Waals surface area contributed by atoms with E-state index in [1.165, 1.54) is 0 Å². The van der Waals surface area contributed by atoms with Crippen molar-refractivity contribution in [3.05, 3.63) is 29.8 Å². The van der Waals surface area contributed by atoms with Crippen LogP contribution < -0.4 is 4.74 Å². The van der Waals surface area contributed by atoms with Gasteiger partial charge in [0.25, 0.3) is 0 Å². The molecule has 0 aliphatic heterocycles. The highest BCUT2D eigenvalue weighted by molar-refractivity contribution is 7.91. The maximum Gasteiger partial charge on any atom is 0.343 e. The third-order valence-corrected chi connectivity index (χ3v) is 6.82. The topological polar surface area (TPSA) is 61.8 Å². The van der Waals surface area contributed by atoms with Gasteiger partial charge in [0.2, 0.25) is 0 Å². The van der Waals surface area contributed by atoms with E-state index in [9.17, 15) is 8.77 Å². The number of rotatable bonds is 9. The van der Waals surface area contributed by atoms with E-state index in [0.29, 0.717) is 5.75 Å². The van der Waals surface area contributed by atoms with Gasteiger partial charge in [-0.25, -0.2) is 0 Å².